The Kier molecular flexibility index (Phi) is 5.52. The molecule has 2 aromatic carbocycles. The lowest BCUT2D eigenvalue weighted by atomic mass is 10.1. The van der Waals surface area contributed by atoms with Crippen LogP contribution in [0, 0.1) is 6.92 Å². The minimum absolute atomic E-state index is 0.164. The van der Waals surface area contributed by atoms with Gasteiger partial charge in [-0.2, -0.15) is 0 Å². The van der Waals surface area contributed by atoms with Crippen LogP contribution in [0.25, 0.3) is 6.08 Å². The van der Waals surface area contributed by atoms with E-state index in [2.05, 4.69) is 15.5 Å². The maximum Gasteiger partial charge on any atom is 0.329 e. The van der Waals surface area contributed by atoms with Gasteiger partial charge in [-0.05, 0) is 55.2 Å². The monoisotopic (exact) mass is 404 g/mol. The van der Waals surface area contributed by atoms with Gasteiger partial charge in [-0.25, -0.2) is 9.69 Å². The van der Waals surface area contributed by atoms with Crippen LogP contribution in [0.5, 0.6) is 0 Å². The molecule has 2 saturated heterocycles. The highest BCUT2D eigenvalue weighted by atomic mass is 16.2. The van der Waals surface area contributed by atoms with Crippen LogP contribution in [-0.4, -0.2) is 42.4 Å². The molecule has 154 valence electrons. The highest BCUT2D eigenvalue weighted by Crippen LogP contribution is 2.22. The number of para-hydroxylation sites is 1. The van der Waals surface area contributed by atoms with Crippen molar-refractivity contribution in [2.45, 2.75) is 19.8 Å². The summed E-state index contributed by atoms with van der Waals surface area (Å²) in [7, 11) is 0. The van der Waals surface area contributed by atoms with Gasteiger partial charge in [0.25, 0.3) is 5.91 Å². The molecule has 2 heterocycles. The van der Waals surface area contributed by atoms with E-state index in [0.29, 0.717) is 5.69 Å². The van der Waals surface area contributed by atoms with Crippen LogP contribution < -0.4 is 15.5 Å². The van der Waals surface area contributed by atoms with Gasteiger partial charge in [0.2, 0.25) is 5.91 Å². The number of nitrogens with one attached hydrogen (secondary N) is 2. The summed E-state index contributed by atoms with van der Waals surface area (Å²) < 4.78 is 0. The molecule has 30 heavy (non-hydrogen) atoms. The van der Waals surface area contributed by atoms with Gasteiger partial charge in [-0.15, -0.1) is 0 Å². The van der Waals surface area contributed by atoms with Crippen molar-refractivity contribution < 1.29 is 14.4 Å². The van der Waals surface area contributed by atoms with Crippen LogP contribution in [0.15, 0.2) is 54.2 Å². The quantitative estimate of drug-likeness (QED) is 0.593. The fourth-order valence-electron chi connectivity index (χ4n) is 3.69. The third-order valence-corrected chi connectivity index (χ3v) is 5.36. The minimum Gasteiger partial charge on any atom is -0.372 e. The van der Waals surface area contributed by atoms with Crippen molar-refractivity contribution in [2.75, 3.05) is 29.9 Å². The van der Waals surface area contributed by atoms with Gasteiger partial charge < -0.3 is 15.5 Å². The van der Waals surface area contributed by atoms with Gasteiger partial charge in [0, 0.05) is 24.5 Å². The van der Waals surface area contributed by atoms with E-state index in [0.717, 1.165) is 34.8 Å². The number of carbonyl (C=O) groups is 3. The zero-order chi connectivity index (χ0) is 21.1. The van der Waals surface area contributed by atoms with Crippen LogP contribution in [-0.2, 0) is 9.59 Å². The first kappa shape index (κ1) is 19.7. The van der Waals surface area contributed by atoms with E-state index in [-0.39, 0.29) is 12.2 Å². The van der Waals surface area contributed by atoms with E-state index < -0.39 is 17.8 Å². The summed E-state index contributed by atoms with van der Waals surface area (Å²) in [5.41, 5.74) is 3.70. The molecule has 2 N–H and O–H groups in total. The van der Waals surface area contributed by atoms with Crippen molar-refractivity contribution in [3.05, 3.63) is 65.4 Å². The zero-order valence-corrected chi connectivity index (χ0v) is 16.9. The molecule has 2 fully saturated rings. The van der Waals surface area contributed by atoms with Gasteiger partial charge >= 0.3 is 6.03 Å². The average Bonchev–Trinajstić information content (AvgIpc) is 3.35. The second-order valence-corrected chi connectivity index (χ2v) is 7.53. The molecule has 4 amide bonds. The Hall–Kier alpha value is -3.61. The van der Waals surface area contributed by atoms with Crippen molar-refractivity contribution in [1.82, 2.24) is 10.2 Å². The van der Waals surface area contributed by atoms with E-state index in [1.165, 1.54) is 12.8 Å². The van der Waals surface area contributed by atoms with Gasteiger partial charge in [0.15, 0.2) is 0 Å². The normalized spacial score (nSPS) is 17.6. The average molecular weight is 404 g/mol. The van der Waals surface area contributed by atoms with Crippen molar-refractivity contribution in [2.24, 2.45) is 0 Å². The number of urea groups is 1. The molecule has 0 radical (unpaired) electrons. The van der Waals surface area contributed by atoms with E-state index in [4.69, 9.17) is 0 Å². The number of nitrogens with zero attached hydrogens (tertiary/aromatic N) is 2. The molecule has 4 rings (SSSR count). The summed E-state index contributed by atoms with van der Waals surface area (Å²) in [5, 5.41) is 5.30. The molecule has 0 bridgehead atoms. The second kappa shape index (κ2) is 8.41. The van der Waals surface area contributed by atoms with Crippen molar-refractivity contribution in [1.29, 1.82) is 0 Å². The number of benzene rings is 2. The predicted octanol–water partition coefficient (Wildman–Crippen LogP) is 3.13. The molecule has 0 spiro atoms. The maximum absolute atomic E-state index is 12.6. The summed E-state index contributed by atoms with van der Waals surface area (Å²) >= 11 is 0. The molecule has 7 heteroatoms. The van der Waals surface area contributed by atoms with Crippen LogP contribution in [0.2, 0.25) is 0 Å². The summed E-state index contributed by atoms with van der Waals surface area (Å²) in [6.45, 7) is 3.66. The van der Waals surface area contributed by atoms with Crippen LogP contribution in [0.1, 0.15) is 24.0 Å². The number of imide groups is 1. The molecule has 7 nitrogen and oxygen atoms in total. The Balaban J connectivity index is 1.41. The van der Waals surface area contributed by atoms with Crippen LogP contribution >= 0.6 is 0 Å². The van der Waals surface area contributed by atoms with Gasteiger partial charge in [0.1, 0.15) is 12.2 Å². The van der Waals surface area contributed by atoms with E-state index in [9.17, 15) is 14.4 Å². The molecular weight excluding hydrogens is 380 g/mol. The van der Waals surface area contributed by atoms with Crippen molar-refractivity contribution in [3.8, 4) is 0 Å². The van der Waals surface area contributed by atoms with Crippen LogP contribution in [0.3, 0.4) is 0 Å². The Morgan fingerprint density at radius 2 is 1.77 bits per heavy atom. The van der Waals surface area contributed by atoms with Gasteiger partial charge in [-0.3, -0.25) is 9.59 Å². The van der Waals surface area contributed by atoms with Crippen LogP contribution in [0.4, 0.5) is 16.2 Å². The second-order valence-electron chi connectivity index (χ2n) is 7.53. The molecule has 0 unspecified atom stereocenters. The summed E-state index contributed by atoms with van der Waals surface area (Å²) in [4.78, 5) is 40.4. The number of hydrogen-bond donors (Lipinski definition) is 2. The third-order valence-electron chi connectivity index (χ3n) is 5.36. The third kappa shape index (κ3) is 4.20. The summed E-state index contributed by atoms with van der Waals surface area (Å²) in [6.07, 6.45) is 4.05. The Labute approximate surface area is 175 Å². The topological polar surface area (TPSA) is 81.8 Å². The molecule has 0 aromatic heterocycles. The first-order valence-electron chi connectivity index (χ1n) is 10.1. The number of hydrogen-bond acceptors (Lipinski definition) is 4. The largest absolute Gasteiger partial charge is 0.372 e. The summed E-state index contributed by atoms with van der Waals surface area (Å²) in [6, 6.07) is 14.6. The number of rotatable bonds is 5. The van der Waals surface area contributed by atoms with Crippen molar-refractivity contribution in [3.63, 3.8) is 0 Å². The van der Waals surface area contributed by atoms with Crippen molar-refractivity contribution >= 4 is 35.3 Å². The lowest BCUT2D eigenvalue weighted by Crippen LogP contribution is -2.38. The van der Waals surface area contributed by atoms with Gasteiger partial charge in [-0.1, -0.05) is 30.3 Å². The predicted molar refractivity (Wildman–Crippen MR) is 116 cm³/mol. The van der Waals surface area contributed by atoms with E-state index in [1.54, 1.807) is 12.1 Å². The highest BCUT2D eigenvalue weighted by Gasteiger charge is 2.34. The Morgan fingerprint density at radius 3 is 2.47 bits per heavy atom. The summed E-state index contributed by atoms with van der Waals surface area (Å²) in [5.74, 6) is -0.937. The Morgan fingerprint density at radius 1 is 1.07 bits per heavy atom. The fraction of sp³-hybridized carbons (Fsp3) is 0.261. The fourth-order valence-corrected chi connectivity index (χ4v) is 3.69. The number of anilines is 2. The zero-order valence-electron chi connectivity index (χ0n) is 16.9. The molecule has 2 aromatic rings. The molecule has 0 aliphatic carbocycles. The lowest BCUT2D eigenvalue weighted by Gasteiger charge is -2.17. The SMILES string of the molecule is Cc1ccccc1NC(=O)CN1C(=O)N/C(=C/c2ccc(N3CCCC3)cc2)C1=O. The maximum atomic E-state index is 12.6. The number of aryl methyl sites for hydroxylation is 1. The molecule has 0 saturated carbocycles. The highest BCUT2D eigenvalue weighted by molar-refractivity contribution is 6.16. The number of carbonyl (C=O) groups excluding carboxylic acids is 3. The smallest absolute Gasteiger partial charge is 0.329 e. The molecule has 0 atom stereocenters. The number of amides is 4. The lowest BCUT2D eigenvalue weighted by molar-refractivity contribution is -0.127. The van der Waals surface area contributed by atoms with E-state index in [1.807, 2.05) is 49.4 Å². The first-order chi connectivity index (χ1) is 14.5. The molecular formula is C23H24N4O3. The molecule has 2 aliphatic rings. The standard InChI is InChI=1S/C23H24N4O3/c1-16-6-2-3-7-19(16)24-21(28)15-27-22(29)20(25-23(27)30)14-17-8-10-18(11-9-17)26-12-4-5-13-26/h2-3,6-11,14H,4-5,12-13,15H2,1H3,(H,24,28)(H,25,30)/b20-14+. The minimum atomic E-state index is -0.597. The Bertz CT molecular complexity index is 1010. The van der Waals surface area contributed by atoms with E-state index >= 15 is 0 Å². The molecule has 2 aliphatic heterocycles. The first-order valence-corrected chi connectivity index (χ1v) is 10.1. The van der Waals surface area contributed by atoms with Gasteiger partial charge in [0.05, 0.1) is 0 Å².